The monoisotopic (exact) mass is 258 g/mol. The maximum Gasteiger partial charge on any atom is 0.253 e. The second-order valence-corrected chi connectivity index (χ2v) is 4.55. The van der Waals surface area contributed by atoms with Crippen LogP contribution in [-0.4, -0.2) is 22.8 Å². The maximum atomic E-state index is 12.2. The molecule has 18 heavy (non-hydrogen) atoms. The summed E-state index contributed by atoms with van der Waals surface area (Å²) in [4.78, 5) is 18.8. The van der Waals surface area contributed by atoms with Crippen LogP contribution in [0.2, 0.25) is 0 Å². The quantitative estimate of drug-likeness (QED) is 0.859. The molecule has 0 aliphatic rings. The highest BCUT2D eigenvalue weighted by atomic mass is 32.1. The van der Waals surface area contributed by atoms with E-state index in [2.05, 4.69) is 17.6 Å². The third-order valence-electron chi connectivity index (χ3n) is 2.57. The first-order valence-electron chi connectivity index (χ1n) is 5.61. The van der Waals surface area contributed by atoms with Crippen molar-refractivity contribution in [1.29, 1.82) is 0 Å². The normalized spacial score (nSPS) is 10.1. The third kappa shape index (κ3) is 3.11. The van der Waals surface area contributed by atoms with E-state index in [0.717, 1.165) is 10.6 Å². The molecule has 0 fully saturated rings. The molecule has 0 unspecified atom stereocenters. The molecule has 0 aliphatic heterocycles. The highest BCUT2D eigenvalue weighted by Crippen LogP contribution is 2.11. The molecular formula is C14H14N2OS. The Hall–Kier alpha value is -1.81. The Balaban J connectivity index is 2.10. The van der Waals surface area contributed by atoms with Crippen LogP contribution in [-0.2, 0) is 6.54 Å². The van der Waals surface area contributed by atoms with Crippen LogP contribution < -0.4 is 0 Å². The fraction of sp³-hybridized carbons (Fsp3) is 0.143. The molecule has 2 aromatic rings. The van der Waals surface area contributed by atoms with Crippen molar-refractivity contribution < 1.29 is 4.79 Å². The number of amides is 1. The van der Waals surface area contributed by atoms with Crippen LogP contribution in [0.4, 0.5) is 0 Å². The fourth-order valence-electron chi connectivity index (χ4n) is 1.67. The summed E-state index contributed by atoms with van der Waals surface area (Å²) < 4.78 is 0. The van der Waals surface area contributed by atoms with Gasteiger partial charge in [-0.2, -0.15) is 0 Å². The predicted molar refractivity (Wildman–Crippen MR) is 73.7 cm³/mol. The Morgan fingerprint density at radius 3 is 2.78 bits per heavy atom. The molecule has 0 N–H and O–H groups in total. The summed E-state index contributed by atoms with van der Waals surface area (Å²) >= 11 is 4.23. The van der Waals surface area contributed by atoms with Gasteiger partial charge in [0.1, 0.15) is 0 Å². The molecule has 92 valence electrons. The molecule has 2 rings (SSSR count). The Labute approximate surface area is 112 Å². The minimum Gasteiger partial charge on any atom is -0.336 e. The first-order valence-corrected chi connectivity index (χ1v) is 6.06. The van der Waals surface area contributed by atoms with E-state index in [1.54, 1.807) is 30.3 Å². The van der Waals surface area contributed by atoms with E-state index >= 15 is 0 Å². The number of pyridine rings is 1. The third-order valence-corrected chi connectivity index (χ3v) is 2.84. The van der Waals surface area contributed by atoms with E-state index in [9.17, 15) is 4.79 Å². The van der Waals surface area contributed by atoms with Gasteiger partial charge in [0, 0.05) is 23.7 Å². The molecule has 1 aromatic heterocycles. The molecule has 1 aromatic carbocycles. The second-order valence-electron chi connectivity index (χ2n) is 4.03. The number of rotatable bonds is 3. The van der Waals surface area contributed by atoms with Crippen LogP contribution in [0.15, 0.2) is 53.6 Å². The lowest BCUT2D eigenvalue weighted by Gasteiger charge is -2.16. The van der Waals surface area contributed by atoms with Crippen molar-refractivity contribution in [2.24, 2.45) is 0 Å². The lowest BCUT2D eigenvalue weighted by atomic mass is 10.2. The topological polar surface area (TPSA) is 33.2 Å². The number of benzene rings is 1. The summed E-state index contributed by atoms with van der Waals surface area (Å²) in [5, 5.41) is 0. The van der Waals surface area contributed by atoms with Gasteiger partial charge in [-0.1, -0.05) is 12.1 Å². The zero-order valence-electron chi connectivity index (χ0n) is 10.1. The maximum absolute atomic E-state index is 12.2. The number of aromatic nitrogens is 1. The Morgan fingerprint density at radius 2 is 2.11 bits per heavy atom. The number of nitrogens with zero attached hydrogens (tertiary/aromatic N) is 2. The Bertz CT molecular complexity index is 543. The second kappa shape index (κ2) is 5.69. The smallest absolute Gasteiger partial charge is 0.253 e. The highest BCUT2D eigenvalue weighted by molar-refractivity contribution is 7.80. The standard InChI is InChI=1S/C14H14N2OS/c1-16(10-12-6-2-3-8-15-12)14(17)11-5-4-7-13(18)9-11/h2-9,18H,10H2,1H3. The molecule has 1 heterocycles. The lowest BCUT2D eigenvalue weighted by Crippen LogP contribution is -2.26. The van der Waals surface area contributed by atoms with Gasteiger partial charge in [-0.25, -0.2) is 0 Å². The van der Waals surface area contributed by atoms with Gasteiger partial charge < -0.3 is 4.90 Å². The van der Waals surface area contributed by atoms with Gasteiger partial charge in [-0.15, -0.1) is 12.6 Å². The largest absolute Gasteiger partial charge is 0.336 e. The van der Waals surface area contributed by atoms with Gasteiger partial charge in [0.2, 0.25) is 0 Å². The van der Waals surface area contributed by atoms with E-state index in [-0.39, 0.29) is 5.91 Å². The summed E-state index contributed by atoms with van der Waals surface area (Å²) in [7, 11) is 1.77. The molecule has 3 nitrogen and oxygen atoms in total. The summed E-state index contributed by atoms with van der Waals surface area (Å²) in [5.74, 6) is -0.0310. The molecule has 0 saturated carbocycles. The summed E-state index contributed by atoms with van der Waals surface area (Å²) in [6.07, 6.45) is 1.72. The van der Waals surface area contributed by atoms with Crippen LogP contribution in [0.3, 0.4) is 0 Å². The molecule has 0 atom stereocenters. The van der Waals surface area contributed by atoms with Crippen molar-refractivity contribution in [2.45, 2.75) is 11.4 Å². The van der Waals surface area contributed by atoms with Crippen LogP contribution >= 0.6 is 12.6 Å². The van der Waals surface area contributed by atoms with Gasteiger partial charge in [-0.05, 0) is 30.3 Å². The summed E-state index contributed by atoms with van der Waals surface area (Å²) in [6.45, 7) is 0.497. The van der Waals surface area contributed by atoms with E-state index in [1.807, 2.05) is 30.3 Å². The first-order chi connectivity index (χ1) is 8.66. The number of hydrogen-bond acceptors (Lipinski definition) is 3. The average Bonchev–Trinajstić information content (AvgIpc) is 2.39. The molecule has 0 bridgehead atoms. The van der Waals surface area contributed by atoms with Crippen molar-refractivity contribution in [1.82, 2.24) is 9.88 Å². The number of hydrogen-bond donors (Lipinski definition) is 1. The first kappa shape index (κ1) is 12.6. The van der Waals surface area contributed by atoms with Gasteiger partial charge >= 0.3 is 0 Å². The predicted octanol–water partition coefficient (Wildman–Crippen LogP) is 2.64. The van der Waals surface area contributed by atoms with Crippen LogP contribution in [0.5, 0.6) is 0 Å². The highest BCUT2D eigenvalue weighted by Gasteiger charge is 2.12. The van der Waals surface area contributed by atoms with Crippen molar-refractivity contribution >= 4 is 18.5 Å². The average molecular weight is 258 g/mol. The molecule has 4 heteroatoms. The van der Waals surface area contributed by atoms with Crippen molar-refractivity contribution in [2.75, 3.05) is 7.05 Å². The van der Waals surface area contributed by atoms with Crippen molar-refractivity contribution in [3.8, 4) is 0 Å². The molecule has 0 saturated heterocycles. The van der Waals surface area contributed by atoms with Gasteiger partial charge in [-0.3, -0.25) is 9.78 Å². The van der Waals surface area contributed by atoms with Gasteiger partial charge in [0.15, 0.2) is 0 Å². The minimum atomic E-state index is -0.0310. The Morgan fingerprint density at radius 1 is 1.28 bits per heavy atom. The molecule has 1 amide bonds. The fourth-order valence-corrected chi connectivity index (χ4v) is 1.89. The minimum absolute atomic E-state index is 0.0310. The van der Waals surface area contributed by atoms with E-state index < -0.39 is 0 Å². The number of carbonyl (C=O) groups is 1. The molecule has 0 radical (unpaired) electrons. The summed E-state index contributed by atoms with van der Waals surface area (Å²) in [5.41, 5.74) is 1.51. The molecular weight excluding hydrogens is 244 g/mol. The molecule has 0 spiro atoms. The van der Waals surface area contributed by atoms with Crippen molar-refractivity contribution in [3.63, 3.8) is 0 Å². The van der Waals surface area contributed by atoms with E-state index in [0.29, 0.717) is 12.1 Å². The van der Waals surface area contributed by atoms with Gasteiger partial charge in [0.05, 0.1) is 12.2 Å². The van der Waals surface area contributed by atoms with Gasteiger partial charge in [0.25, 0.3) is 5.91 Å². The zero-order valence-corrected chi connectivity index (χ0v) is 11.0. The Kier molecular flexibility index (Phi) is 3.99. The number of carbonyl (C=O) groups excluding carboxylic acids is 1. The summed E-state index contributed by atoms with van der Waals surface area (Å²) in [6, 6.07) is 12.9. The zero-order chi connectivity index (χ0) is 13.0. The number of thiol groups is 1. The van der Waals surface area contributed by atoms with Crippen LogP contribution in [0, 0.1) is 0 Å². The van der Waals surface area contributed by atoms with Crippen molar-refractivity contribution in [3.05, 3.63) is 59.9 Å². The van der Waals surface area contributed by atoms with Crippen LogP contribution in [0.25, 0.3) is 0 Å². The van der Waals surface area contributed by atoms with Crippen LogP contribution in [0.1, 0.15) is 16.1 Å². The van der Waals surface area contributed by atoms with E-state index in [1.165, 1.54) is 0 Å². The van der Waals surface area contributed by atoms with E-state index in [4.69, 9.17) is 0 Å². The SMILES string of the molecule is CN(Cc1ccccn1)C(=O)c1cccc(S)c1. The molecule has 0 aliphatic carbocycles. The lowest BCUT2D eigenvalue weighted by molar-refractivity contribution is 0.0783.